The Kier molecular flexibility index (Phi) is 14.3. The maximum atomic E-state index is 11.9. The van der Waals surface area contributed by atoms with Crippen molar-refractivity contribution < 1.29 is 63.9 Å². The van der Waals surface area contributed by atoms with Crippen LogP contribution in [0.15, 0.2) is 0 Å². The van der Waals surface area contributed by atoms with Gasteiger partial charge >= 0.3 is 5.97 Å². The number of aliphatic hydroxyl groups excluding tert-OH is 6. The zero-order valence-corrected chi connectivity index (χ0v) is 21.9. The summed E-state index contributed by atoms with van der Waals surface area (Å²) >= 11 is 0. The SMILES string of the molecule is COC(=O)CCCCCCCCOC1OC(CO)C(O)[C@H](OC2OC(CO)[C@H](O)C(O)C2O)C1NC(C)=O. The molecule has 2 aliphatic rings. The molecule has 0 aromatic carbocycles. The first kappa shape index (κ1) is 32.8. The van der Waals surface area contributed by atoms with Gasteiger partial charge in [0.15, 0.2) is 12.6 Å². The highest BCUT2D eigenvalue weighted by Crippen LogP contribution is 2.30. The van der Waals surface area contributed by atoms with Gasteiger partial charge in [-0.25, -0.2) is 0 Å². The van der Waals surface area contributed by atoms with E-state index in [0.29, 0.717) is 12.8 Å². The van der Waals surface area contributed by atoms with Gasteiger partial charge in [0.25, 0.3) is 0 Å². The summed E-state index contributed by atoms with van der Waals surface area (Å²) < 4.78 is 27.3. The molecule has 14 heteroatoms. The van der Waals surface area contributed by atoms with E-state index >= 15 is 0 Å². The third-order valence-corrected chi connectivity index (χ3v) is 6.65. The van der Waals surface area contributed by atoms with Crippen LogP contribution in [0.5, 0.6) is 0 Å². The van der Waals surface area contributed by atoms with Crippen LogP contribution in [0.2, 0.25) is 0 Å². The Bertz CT molecular complexity index is 711. The minimum Gasteiger partial charge on any atom is -0.469 e. The normalized spacial score (nSPS) is 35.6. The van der Waals surface area contributed by atoms with Gasteiger partial charge in [0, 0.05) is 20.0 Å². The lowest BCUT2D eigenvalue weighted by Gasteiger charge is -2.47. The summed E-state index contributed by atoms with van der Waals surface area (Å²) in [6, 6.07) is -1.09. The third kappa shape index (κ3) is 9.33. The highest BCUT2D eigenvalue weighted by Gasteiger charge is 2.51. The highest BCUT2D eigenvalue weighted by molar-refractivity contribution is 5.73. The van der Waals surface area contributed by atoms with Crippen LogP contribution in [-0.4, -0.2) is 131 Å². The van der Waals surface area contributed by atoms with Crippen molar-refractivity contribution in [1.29, 1.82) is 0 Å². The maximum Gasteiger partial charge on any atom is 0.305 e. The van der Waals surface area contributed by atoms with E-state index < -0.39 is 80.5 Å². The molecule has 0 aromatic rings. The number of aliphatic hydroxyl groups is 6. The average molecular weight is 554 g/mol. The van der Waals surface area contributed by atoms with Crippen molar-refractivity contribution >= 4 is 11.9 Å². The summed E-state index contributed by atoms with van der Waals surface area (Å²) in [7, 11) is 1.36. The van der Waals surface area contributed by atoms with Crippen molar-refractivity contribution in [3.8, 4) is 0 Å². The van der Waals surface area contributed by atoms with Crippen LogP contribution >= 0.6 is 0 Å². The molecule has 2 rings (SSSR count). The predicted molar refractivity (Wildman–Crippen MR) is 128 cm³/mol. The summed E-state index contributed by atoms with van der Waals surface area (Å²) in [6.07, 6.45) is -7.53. The number of nitrogens with one attached hydrogen (secondary N) is 1. The zero-order chi connectivity index (χ0) is 28.2. The van der Waals surface area contributed by atoms with Crippen LogP contribution in [-0.2, 0) is 33.3 Å². The molecule has 0 aliphatic carbocycles. The zero-order valence-electron chi connectivity index (χ0n) is 21.9. The van der Waals surface area contributed by atoms with Crippen LogP contribution in [0, 0.1) is 0 Å². The maximum absolute atomic E-state index is 11.9. The van der Waals surface area contributed by atoms with Gasteiger partial charge in [0.2, 0.25) is 5.91 Å². The number of esters is 1. The van der Waals surface area contributed by atoms with Crippen molar-refractivity contribution in [2.75, 3.05) is 26.9 Å². The monoisotopic (exact) mass is 553 g/mol. The lowest BCUT2D eigenvalue weighted by Crippen LogP contribution is -2.68. The number of hydrogen-bond acceptors (Lipinski definition) is 13. The van der Waals surface area contributed by atoms with Crippen molar-refractivity contribution in [2.24, 2.45) is 0 Å². The largest absolute Gasteiger partial charge is 0.469 e. The second kappa shape index (κ2) is 16.6. The molecule has 38 heavy (non-hydrogen) atoms. The van der Waals surface area contributed by atoms with Gasteiger partial charge in [-0.1, -0.05) is 25.7 Å². The number of amides is 1. The second-order valence-corrected chi connectivity index (χ2v) is 9.56. The second-order valence-electron chi connectivity index (χ2n) is 9.56. The van der Waals surface area contributed by atoms with Crippen molar-refractivity contribution in [2.45, 2.75) is 113 Å². The van der Waals surface area contributed by atoms with Crippen LogP contribution in [0.25, 0.3) is 0 Å². The summed E-state index contributed by atoms with van der Waals surface area (Å²) in [5.41, 5.74) is 0. The van der Waals surface area contributed by atoms with E-state index in [9.17, 15) is 40.2 Å². The molecule has 2 fully saturated rings. The molecule has 1 amide bonds. The molecule has 8 unspecified atom stereocenters. The van der Waals surface area contributed by atoms with Crippen molar-refractivity contribution in [1.82, 2.24) is 5.32 Å². The fraction of sp³-hybridized carbons (Fsp3) is 0.917. The molecule has 222 valence electrons. The van der Waals surface area contributed by atoms with E-state index in [1.807, 2.05) is 0 Å². The Morgan fingerprint density at radius 3 is 1.97 bits per heavy atom. The van der Waals surface area contributed by atoms with E-state index in [1.54, 1.807) is 0 Å². The highest BCUT2D eigenvalue weighted by atomic mass is 16.7. The number of hydrogen-bond donors (Lipinski definition) is 7. The Balaban J connectivity index is 1.97. The molecule has 0 radical (unpaired) electrons. The third-order valence-electron chi connectivity index (χ3n) is 6.65. The Labute approximate surface area is 221 Å². The van der Waals surface area contributed by atoms with E-state index in [4.69, 9.17) is 18.9 Å². The molecule has 10 atom stereocenters. The molecular formula is C24H43NO13. The number of rotatable bonds is 15. The van der Waals surface area contributed by atoms with Crippen LogP contribution in [0.3, 0.4) is 0 Å². The van der Waals surface area contributed by atoms with Crippen LogP contribution in [0.4, 0.5) is 0 Å². The molecule has 2 saturated heterocycles. The number of carbonyl (C=O) groups is 2. The van der Waals surface area contributed by atoms with E-state index in [2.05, 4.69) is 10.1 Å². The number of carbonyl (C=O) groups excluding carboxylic acids is 2. The lowest BCUT2D eigenvalue weighted by molar-refractivity contribution is -0.344. The molecule has 0 spiro atoms. The minimum absolute atomic E-state index is 0.222. The first-order valence-corrected chi connectivity index (χ1v) is 13.0. The van der Waals surface area contributed by atoms with Gasteiger partial charge in [-0.2, -0.15) is 0 Å². The molecule has 0 saturated carbocycles. The minimum atomic E-state index is -1.74. The van der Waals surface area contributed by atoms with Crippen LogP contribution < -0.4 is 5.32 Å². The van der Waals surface area contributed by atoms with E-state index in [1.165, 1.54) is 14.0 Å². The van der Waals surface area contributed by atoms with Crippen molar-refractivity contribution in [3.05, 3.63) is 0 Å². The lowest BCUT2D eigenvalue weighted by atomic mass is 9.95. The molecule has 7 N–H and O–H groups in total. The first-order valence-electron chi connectivity index (χ1n) is 13.0. The molecule has 0 bridgehead atoms. The summed E-state index contributed by atoms with van der Waals surface area (Å²) in [5, 5.41) is 63.1. The number of ether oxygens (including phenoxy) is 5. The van der Waals surface area contributed by atoms with Gasteiger partial charge < -0.3 is 59.6 Å². The van der Waals surface area contributed by atoms with E-state index in [0.717, 1.165) is 32.1 Å². The number of methoxy groups -OCH3 is 1. The molecule has 14 nitrogen and oxygen atoms in total. The standard InChI is InChI=1S/C24H43NO13/c1-13(28)25-17-22(38-24-21(33)20(32)18(30)14(11-26)37-24)19(31)15(12-27)36-23(17)35-10-8-6-4-3-5-7-9-16(29)34-2/h14-15,17-24,26-27,30-33H,3-12H2,1-2H3,(H,25,28)/t14?,15?,17?,18-,19?,20?,21?,22+,23?,24?/m0/s1. The fourth-order valence-electron chi connectivity index (χ4n) is 4.48. The van der Waals surface area contributed by atoms with Gasteiger partial charge in [0.1, 0.15) is 48.8 Å². The Morgan fingerprint density at radius 1 is 0.789 bits per heavy atom. The topological polar surface area (TPSA) is 214 Å². The van der Waals surface area contributed by atoms with E-state index in [-0.39, 0.29) is 12.6 Å². The first-order chi connectivity index (χ1) is 18.1. The van der Waals surface area contributed by atoms with Crippen molar-refractivity contribution in [3.63, 3.8) is 0 Å². The van der Waals surface area contributed by atoms with Gasteiger partial charge in [-0.15, -0.1) is 0 Å². The predicted octanol–water partition coefficient (Wildman–Crippen LogP) is -2.33. The summed E-state index contributed by atoms with van der Waals surface area (Å²) in [4.78, 5) is 23.1. The van der Waals surface area contributed by atoms with Gasteiger partial charge in [-0.05, 0) is 12.8 Å². The quantitative estimate of drug-likeness (QED) is 0.0838. The molecule has 2 aliphatic heterocycles. The Morgan fingerprint density at radius 2 is 1.37 bits per heavy atom. The van der Waals surface area contributed by atoms with Gasteiger partial charge in [0.05, 0.1) is 20.3 Å². The summed E-state index contributed by atoms with van der Waals surface area (Å²) in [6.45, 7) is 0.205. The molecule has 2 heterocycles. The summed E-state index contributed by atoms with van der Waals surface area (Å²) in [5.74, 6) is -0.712. The van der Waals surface area contributed by atoms with Crippen LogP contribution in [0.1, 0.15) is 51.9 Å². The van der Waals surface area contributed by atoms with Gasteiger partial charge in [-0.3, -0.25) is 9.59 Å². The molecular weight excluding hydrogens is 510 g/mol. The molecule has 0 aromatic heterocycles. The average Bonchev–Trinajstić information content (AvgIpc) is 2.90. The fourth-order valence-corrected chi connectivity index (χ4v) is 4.48. The Hall–Kier alpha value is -1.46. The number of unbranched alkanes of at least 4 members (excludes halogenated alkanes) is 5. The smallest absolute Gasteiger partial charge is 0.305 e.